The van der Waals surface area contributed by atoms with Crippen molar-refractivity contribution < 1.29 is 18.0 Å². The van der Waals surface area contributed by atoms with Crippen LogP contribution in [0.2, 0.25) is 0 Å². The van der Waals surface area contributed by atoms with Crippen LogP contribution in [-0.4, -0.2) is 49.7 Å². The third-order valence-electron chi connectivity index (χ3n) is 2.10. The first kappa shape index (κ1) is 14.2. The Morgan fingerprint density at radius 2 is 1.87 bits per heavy atom. The van der Waals surface area contributed by atoms with Crippen molar-refractivity contribution in [3.8, 4) is 0 Å². The number of rotatable bonds is 5. The van der Waals surface area contributed by atoms with Gasteiger partial charge in [0.25, 0.3) is 0 Å². The van der Waals surface area contributed by atoms with Gasteiger partial charge < -0.3 is 10.6 Å². The fourth-order valence-corrected chi connectivity index (χ4v) is 0.857. The molecule has 0 aromatic carbocycles. The monoisotopic (exact) mass is 227 g/mol. The Bertz CT molecular complexity index is 230. The molecule has 1 amide bonds. The van der Waals surface area contributed by atoms with Crippen molar-refractivity contribution in [3.05, 3.63) is 0 Å². The Labute approximate surface area is 86.6 Å². The maximum atomic E-state index is 12.5. The minimum Gasteiger partial charge on any atom is -0.368 e. The minimum atomic E-state index is -4.69. The zero-order valence-electron chi connectivity index (χ0n) is 8.98. The summed E-state index contributed by atoms with van der Waals surface area (Å²) in [6.45, 7) is 1.16. The van der Waals surface area contributed by atoms with Gasteiger partial charge in [-0.25, -0.2) is 0 Å². The molecule has 0 aliphatic heterocycles. The summed E-state index contributed by atoms with van der Waals surface area (Å²) in [6.07, 6.45) is -4.69. The number of nitrogens with zero attached hydrogens (tertiary/aromatic N) is 1. The molecule has 0 saturated heterocycles. The van der Waals surface area contributed by atoms with E-state index in [4.69, 9.17) is 5.73 Å². The standard InChI is InChI=1S/C8H16F3N3O/c1-7(6(12)15,8(9,10)11)13-4-5-14(2)3/h13H,4-5H2,1-3H3,(H2,12,15). The highest BCUT2D eigenvalue weighted by molar-refractivity contribution is 5.85. The summed E-state index contributed by atoms with van der Waals surface area (Å²) >= 11 is 0. The Kier molecular flexibility index (Phi) is 4.54. The van der Waals surface area contributed by atoms with Crippen molar-refractivity contribution in [2.45, 2.75) is 18.6 Å². The lowest BCUT2D eigenvalue weighted by Crippen LogP contribution is -2.63. The SMILES string of the molecule is CN(C)CCNC(C)(C(N)=O)C(F)(F)F. The number of nitrogens with one attached hydrogen (secondary N) is 1. The van der Waals surface area contributed by atoms with Crippen molar-refractivity contribution in [2.24, 2.45) is 5.73 Å². The Balaban J connectivity index is 4.48. The normalized spacial score (nSPS) is 16.5. The zero-order valence-corrected chi connectivity index (χ0v) is 8.98. The van der Waals surface area contributed by atoms with E-state index in [2.05, 4.69) is 5.32 Å². The van der Waals surface area contributed by atoms with Crippen LogP contribution < -0.4 is 11.1 Å². The highest BCUT2D eigenvalue weighted by atomic mass is 19.4. The minimum absolute atomic E-state index is 0.0337. The topological polar surface area (TPSA) is 58.4 Å². The second kappa shape index (κ2) is 4.80. The van der Waals surface area contributed by atoms with Gasteiger partial charge in [-0.15, -0.1) is 0 Å². The van der Waals surface area contributed by atoms with Gasteiger partial charge in [0.1, 0.15) is 0 Å². The number of nitrogens with two attached hydrogens (primary N) is 1. The Morgan fingerprint density at radius 1 is 1.40 bits per heavy atom. The van der Waals surface area contributed by atoms with E-state index in [1.165, 1.54) is 0 Å². The van der Waals surface area contributed by atoms with Crippen LogP contribution in [-0.2, 0) is 4.79 Å². The van der Waals surface area contributed by atoms with E-state index in [0.29, 0.717) is 6.54 Å². The largest absolute Gasteiger partial charge is 0.415 e. The van der Waals surface area contributed by atoms with E-state index in [0.717, 1.165) is 6.92 Å². The van der Waals surface area contributed by atoms with Gasteiger partial charge in [-0.05, 0) is 21.0 Å². The molecular formula is C8H16F3N3O. The molecule has 0 bridgehead atoms. The Morgan fingerprint density at radius 3 is 2.13 bits per heavy atom. The van der Waals surface area contributed by atoms with Crippen LogP contribution in [0.5, 0.6) is 0 Å². The van der Waals surface area contributed by atoms with Crippen molar-refractivity contribution in [1.82, 2.24) is 10.2 Å². The number of alkyl halides is 3. The first-order valence-electron chi connectivity index (χ1n) is 4.37. The second-order valence-corrected chi connectivity index (χ2v) is 3.72. The molecule has 1 atom stereocenters. The maximum absolute atomic E-state index is 12.5. The highest BCUT2D eigenvalue weighted by Crippen LogP contribution is 2.29. The van der Waals surface area contributed by atoms with E-state index < -0.39 is 17.6 Å². The summed E-state index contributed by atoms with van der Waals surface area (Å²) in [5, 5.41) is 2.13. The number of hydrogen-bond acceptors (Lipinski definition) is 3. The summed E-state index contributed by atoms with van der Waals surface area (Å²) in [5.74, 6) is -1.42. The van der Waals surface area contributed by atoms with Gasteiger partial charge in [-0.2, -0.15) is 13.2 Å². The fraction of sp³-hybridized carbons (Fsp3) is 0.875. The molecule has 0 aromatic heterocycles. The molecule has 0 radical (unpaired) electrons. The number of carbonyl (C=O) groups excluding carboxylic acids is 1. The van der Waals surface area contributed by atoms with Gasteiger partial charge in [-0.1, -0.05) is 0 Å². The molecule has 0 rings (SSSR count). The van der Waals surface area contributed by atoms with E-state index in [1.54, 1.807) is 19.0 Å². The van der Waals surface area contributed by atoms with Gasteiger partial charge in [0.15, 0.2) is 5.54 Å². The number of amides is 1. The molecule has 4 nitrogen and oxygen atoms in total. The number of carbonyl (C=O) groups is 1. The van der Waals surface area contributed by atoms with Crippen LogP contribution in [0.1, 0.15) is 6.92 Å². The summed E-state index contributed by atoms with van der Waals surface area (Å²) in [7, 11) is 3.44. The van der Waals surface area contributed by atoms with Gasteiger partial charge in [0, 0.05) is 13.1 Å². The summed E-state index contributed by atoms with van der Waals surface area (Å²) in [4.78, 5) is 12.5. The van der Waals surface area contributed by atoms with Crippen LogP contribution in [0.25, 0.3) is 0 Å². The summed E-state index contributed by atoms with van der Waals surface area (Å²) in [5.41, 5.74) is 2.08. The fourth-order valence-electron chi connectivity index (χ4n) is 0.857. The molecule has 0 aliphatic carbocycles. The quantitative estimate of drug-likeness (QED) is 0.692. The summed E-state index contributed by atoms with van der Waals surface area (Å²) < 4.78 is 37.5. The number of hydrogen-bond donors (Lipinski definition) is 2. The molecule has 1 unspecified atom stereocenters. The molecule has 15 heavy (non-hydrogen) atoms. The lowest BCUT2D eigenvalue weighted by molar-refractivity contribution is -0.194. The van der Waals surface area contributed by atoms with Crippen LogP contribution in [0.15, 0.2) is 0 Å². The maximum Gasteiger partial charge on any atom is 0.415 e. The number of likely N-dealkylation sites (N-methyl/N-ethyl adjacent to an activating group) is 1. The lowest BCUT2D eigenvalue weighted by Gasteiger charge is -2.30. The molecule has 90 valence electrons. The average molecular weight is 227 g/mol. The van der Waals surface area contributed by atoms with Crippen molar-refractivity contribution in [1.29, 1.82) is 0 Å². The first-order valence-corrected chi connectivity index (χ1v) is 4.37. The molecule has 0 aromatic rings. The summed E-state index contributed by atoms with van der Waals surface area (Å²) in [6, 6.07) is 0. The number of halogens is 3. The first-order chi connectivity index (χ1) is 6.61. The van der Waals surface area contributed by atoms with Crippen molar-refractivity contribution in [2.75, 3.05) is 27.2 Å². The predicted octanol–water partition coefficient (Wildman–Crippen LogP) is -0.0561. The third kappa shape index (κ3) is 3.67. The van der Waals surface area contributed by atoms with Crippen LogP contribution in [0.4, 0.5) is 13.2 Å². The Hall–Kier alpha value is -0.820. The molecular weight excluding hydrogens is 211 g/mol. The van der Waals surface area contributed by atoms with E-state index in [-0.39, 0.29) is 6.54 Å². The highest BCUT2D eigenvalue weighted by Gasteiger charge is 2.55. The van der Waals surface area contributed by atoms with Crippen LogP contribution in [0.3, 0.4) is 0 Å². The second-order valence-electron chi connectivity index (χ2n) is 3.72. The van der Waals surface area contributed by atoms with Crippen molar-refractivity contribution in [3.63, 3.8) is 0 Å². The predicted molar refractivity (Wildman–Crippen MR) is 50.2 cm³/mol. The van der Waals surface area contributed by atoms with Crippen LogP contribution >= 0.6 is 0 Å². The van der Waals surface area contributed by atoms with Gasteiger partial charge >= 0.3 is 6.18 Å². The molecule has 0 saturated carbocycles. The molecule has 0 spiro atoms. The molecule has 3 N–H and O–H groups in total. The number of primary amides is 1. The van der Waals surface area contributed by atoms with E-state index in [9.17, 15) is 18.0 Å². The van der Waals surface area contributed by atoms with E-state index >= 15 is 0 Å². The zero-order chi connectivity index (χ0) is 12.3. The smallest absolute Gasteiger partial charge is 0.368 e. The molecule has 0 aliphatic rings. The third-order valence-corrected chi connectivity index (χ3v) is 2.10. The van der Waals surface area contributed by atoms with Gasteiger partial charge in [0.05, 0.1) is 0 Å². The lowest BCUT2D eigenvalue weighted by atomic mass is 10.0. The average Bonchev–Trinajstić information content (AvgIpc) is 2.00. The molecule has 0 fully saturated rings. The molecule has 7 heteroatoms. The molecule has 0 heterocycles. The van der Waals surface area contributed by atoms with Gasteiger partial charge in [0.2, 0.25) is 5.91 Å². The van der Waals surface area contributed by atoms with E-state index in [1.807, 2.05) is 0 Å². The van der Waals surface area contributed by atoms with Crippen LogP contribution in [0, 0.1) is 0 Å². The van der Waals surface area contributed by atoms with Gasteiger partial charge in [-0.3, -0.25) is 10.1 Å². The van der Waals surface area contributed by atoms with Crippen molar-refractivity contribution >= 4 is 5.91 Å².